The van der Waals surface area contributed by atoms with Crippen molar-refractivity contribution in [1.29, 1.82) is 0 Å². The summed E-state index contributed by atoms with van der Waals surface area (Å²) in [7, 11) is 0. The number of halogens is 1. The number of pyridine rings is 1. The molecule has 2 rings (SSSR count). The normalized spacial score (nSPS) is 23.7. The molecule has 1 fully saturated rings. The number of aromatic nitrogens is 1. The van der Waals surface area contributed by atoms with E-state index < -0.39 is 5.97 Å². The van der Waals surface area contributed by atoms with Crippen molar-refractivity contribution in [2.45, 2.75) is 38.6 Å². The lowest BCUT2D eigenvalue weighted by molar-refractivity contribution is 0.0697. The van der Waals surface area contributed by atoms with Crippen LogP contribution in [0.15, 0.2) is 12.3 Å². The smallest absolute Gasteiger partial charge is 0.337 e. The second-order valence-electron chi connectivity index (χ2n) is 4.94. The van der Waals surface area contributed by atoms with Gasteiger partial charge in [0.2, 0.25) is 0 Å². The number of carboxylic acid groups (broad SMARTS) is 1. The number of hydrogen-bond donors (Lipinski definition) is 2. The molecule has 0 bridgehead atoms. The lowest BCUT2D eigenvalue weighted by atomic mass is 9.87. The van der Waals surface area contributed by atoms with E-state index in [0.29, 0.717) is 17.8 Å². The first-order valence-corrected chi connectivity index (χ1v) is 6.60. The van der Waals surface area contributed by atoms with Gasteiger partial charge < -0.3 is 10.4 Å². The first-order valence-electron chi connectivity index (χ1n) is 6.22. The lowest BCUT2D eigenvalue weighted by Gasteiger charge is -2.28. The summed E-state index contributed by atoms with van der Waals surface area (Å²) < 4.78 is 0. The van der Waals surface area contributed by atoms with Gasteiger partial charge in [0.25, 0.3) is 0 Å². The van der Waals surface area contributed by atoms with Crippen LogP contribution in [-0.4, -0.2) is 22.1 Å². The summed E-state index contributed by atoms with van der Waals surface area (Å²) in [6.45, 7) is 2.23. The standard InChI is InChI=1S/C13H17ClN2O2/c1-8-3-2-4-9(7-8)16-12-11(14)10(13(17)18)5-6-15-12/h5-6,8-9H,2-4,7H2,1H3,(H,15,16)(H,17,18). The van der Waals surface area contributed by atoms with E-state index in [1.165, 1.54) is 25.1 Å². The van der Waals surface area contributed by atoms with Crippen molar-refractivity contribution in [2.75, 3.05) is 5.32 Å². The van der Waals surface area contributed by atoms with Crippen molar-refractivity contribution < 1.29 is 9.90 Å². The summed E-state index contributed by atoms with van der Waals surface area (Å²) in [5, 5.41) is 12.5. The van der Waals surface area contributed by atoms with Crippen LogP contribution in [0.2, 0.25) is 5.02 Å². The summed E-state index contributed by atoms with van der Waals surface area (Å²) in [5.41, 5.74) is 0.0954. The maximum absolute atomic E-state index is 11.0. The van der Waals surface area contributed by atoms with E-state index >= 15 is 0 Å². The SMILES string of the molecule is CC1CCCC(Nc2nccc(C(=O)O)c2Cl)C1. The van der Waals surface area contributed by atoms with Crippen molar-refractivity contribution in [3.8, 4) is 0 Å². The third-order valence-corrected chi connectivity index (χ3v) is 3.78. The number of nitrogens with zero attached hydrogens (tertiary/aromatic N) is 1. The summed E-state index contributed by atoms with van der Waals surface area (Å²) in [5.74, 6) is 0.149. The summed E-state index contributed by atoms with van der Waals surface area (Å²) in [6, 6.07) is 1.75. The Labute approximate surface area is 111 Å². The second kappa shape index (κ2) is 5.57. The molecule has 1 aliphatic carbocycles. The van der Waals surface area contributed by atoms with E-state index in [0.717, 1.165) is 12.8 Å². The minimum absolute atomic E-state index is 0.0954. The van der Waals surface area contributed by atoms with E-state index in [-0.39, 0.29) is 10.6 Å². The molecule has 1 aliphatic rings. The van der Waals surface area contributed by atoms with Gasteiger partial charge in [-0.05, 0) is 24.8 Å². The number of carbonyl (C=O) groups is 1. The number of nitrogens with one attached hydrogen (secondary N) is 1. The molecule has 2 atom stereocenters. The number of aromatic carboxylic acids is 1. The summed E-state index contributed by atoms with van der Waals surface area (Å²) in [4.78, 5) is 15.1. The summed E-state index contributed by atoms with van der Waals surface area (Å²) in [6.07, 6.45) is 6.09. The molecular formula is C13H17ClN2O2. The molecule has 0 aliphatic heterocycles. The van der Waals surface area contributed by atoms with Gasteiger partial charge in [-0.25, -0.2) is 9.78 Å². The van der Waals surface area contributed by atoms with Crippen molar-refractivity contribution in [1.82, 2.24) is 4.98 Å². The van der Waals surface area contributed by atoms with Gasteiger partial charge in [0, 0.05) is 12.2 Å². The highest BCUT2D eigenvalue weighted by atomic mass is 35.5. The highest BCUT2D eigenvalue weighted by Crippen LogP contribution is 2.29. The van der Waals surface area contributed by atoms with E-state index in [2.05, 4.69) is 17.2 Å². The zero-order valence-electron chi connectivity index (χ0n) is 10.3. The predicted molar refractivity (Wildman–Crippen MR) is 71.2 cm³/mol. The third-order valence-electron chi connectivity index (χ3n) is 3.40. The monoisotopic (exact) mass is 268 g/mol. The fourth-order valence-corrected chi connectivity index (χ4v) is 2.72. The molecular weight excluding hydrogens is 252 g/mol. The zero-order chi connectivity index (χ0) is 13.1. The Morgan fingerprint density at radius 1 is 1.56 bits per heavy atom. The van der Waals surface area contributed by atoms with Crippen molar-refractivity contribution in [3.63, 3.8) is 0 Å². The number of hydrogen-bond acceptors (Lipinski definition) is 3. The predicted octanol–water partition coefficient (Wildman–Crippen LogP) is 3.42. The van der Waals surface area contributed by atoms with E-state index in [1.807, 2.05) is 0 Å². The maximum Gasteiger partial charge on any atom is 0.337 e. The van der Waals surface area contributed by atoms with Gasteiger partial charge in [-0.2, -0.15) is 0 Å². The van der Waals surface area contributed by atoms with Crippen LogP contribution in [0.5, 0.6) is 0 Å². The second-order valence-corrected chi connectivity index (χ2v) is 5.32. The Bertz CT molecular complexity index is 451. The maximum atomic E-state index is 11.0. The molecule has 1 heterocycles. The molecule has 1 aromatic rings. The zero-order valence-corrected chi connectivity index (χ0v) is 11.1. The van der Waals surface area contributed by atoms with Crippen LogP contribution in [-0.2, 0) is 0 Å². The Balaban J connectivity index is 2.14. The fraction of sp³-hybridized carbons (Fsp3) is 0.538. The van der Waals surface area contributed by atoms with Gasteiger partial charge in [-0.3, -0.25) is 0 Å². The quantitative estimate of drug-likeness (QED) is 0.882. The average molecular weight is 269 g/mol. The molecule has 98 valence electrons. The molecule has 2 unspecified atom stereocenters. The van der Waals surface area contributed by atoms with Crippen LogP contribution in [0.1, 0.15) is 43.0 Å². The molecule has 1 aromatic heterocycles. The Kier molecular flexibility index (Phi) is 4.07. The Hall–Kier alpha value is -1.29. The van der Waals surface area contributed by atoms with Crippen molar-refractivity contribution >= 4 is 23.4 Å². The molecule has 4 nitrogen and oxygen atoms in total. The highest BCUT2D eigenvalue weighted by Gasteiger charge is 2.21. The van der Waals surface area contributed by atoms with Gasteiger partial charge in [0.1, 0.15) is 5.82 Å². The molecule has 2 N–H and O–H groups in total. The van der Waals surface area contributed by atoms with Crippen LogP contribution in [0.3, 0.4) is 0 Å². The van der Waals surface area contributed by atoms with E-state index in [4.69, 9.17) is 16.7 Å². The summed E-state index contributed by atoms with van der Waals surface area (Å²) >= 11 is 6.05. The molecule has 0 spiro atoms. The first-order chi connectivity index (χ1) is 8.58. The van der Waals surface area contributed by atoms with Gasteiger partial charge in [-0.15, -0.1) is 0 Å². The number of carboxylic acids is 1. The van der Waals surface area contributed by atoms with Crippen molar-refractivity contribution in [2.24, 2.45) is 5.92 Å². The molecule has 18 heavy (non-hydrogen) atoms. The molecule has 0 amide bonds. The van der Waals surface area contributed by atoms with E-state index in [1.54, 1.807) is 0 Å². The van der Waals surface area contributed by atoms with Gasteiger partial charge >= 0.3 is 5.97 Å². The largest absolute Gasteiger partial charge is 0.478 e. The van der Waals surface area contributed by atoms with Crippen LogP contribution in [0.25, 0.3) is 0 Å². The molecule has 0 saturated heterocycles. The van der Waals surface area contributed by atoms with Crippen LogP contribution < -0.4 is 5.32 Å². The molecule has 0 aromatic carbocycles. The van der Waals surface area contributed by atoms with E-state index in [9.17, 15) is 4.79 Å². The van der Waals surface area contributed by atoms with Gasteiger partial charge in [0.05, 0.1) is 10.6 Å². The Morgan fingerprint density at radius 3 is 3.00 bits per heavy atom. The number of rotatable bonds is 3. The first kappa shape index (κ1) is 13.1. The fourth-order valence-electron chi connectivity index (χ4n) is 2.47. The van der Waals surface area contributed by atoms with Gasteiger partial charge in [-0.1, -0.05) is 31.4 Å². The molecule has 0 radical (unpaired) electrons. The number of anilines is 1. The lowest BCUT2D eigenvalue weighted by Crippen LogP contribution is -2.27. The third kappa shape index (κ3) is 2.93. The molecule has 5 heteroatoms. The van der Waals surface area contributed by atoms with Gasteiger partial charge in [0.15, 0.2) is 0 Å². The Morgan fingerprint density at radius 2 is 2.33 bits per heavy atom. The topological polar surface area (TPSA) is 62.2 Å². The highest BCUT2D eigenvalue weighted by molar-refractivity contribution is 6.35. The average Bonchev–Trinajstić information content (AvgIpc) is 2.31. The van der Waals surface area contributed by atoms with Crippen LogP contribution in [0.4, 0.5) is 5.82 Å². The molecule has 1 saturated carbocycles. The van der Waals surface area contributed by atoms with Crippen molar-refractivity contribution in [3.05, 3.63) is 22.8 Å². The van der Waals surface area contributed by atoms with Crippen LogP contribution >= 0.6 is 11.6 Å². The minimum atomic E-state index is -1.03. The minimum Gasteiger partial charge on any atom is -0.478 e. The van der Waals surface area contributed by atoms with Crippen LogP contribution in [0, 0.1) is 5.92 Å².